The van der Waals surface area contributed by atoms with Gasteiger partial charge in [0.25, 0.3) is 0 Å². The quantitative estimate of drug-likeness (QED) is 0.745. The second-order valence-corrected chi connectivity index (χ2v) is 5.93. The van der Waals surface area contributed by atoms with Crippen molar-refractivity contribution in [3.63, 3.8) is 0 Å². The van der Waals surface area contributed by atoms with E-state index < -0.39 is 0 Å². The molecule has 5 heteroatoms. The van der Waals surface area contributed by atoms with E-state index in [0.29, 0.717) is 30.6 Å². The van der Waals surface area contributed by atoms with Gasteiger partial charge in [0.05, 0.1) is 17.1 Å². The molecular formula is C19H14FN3O. The minimum Gasteiger partial charge on any atom is -0.508 e. The van der Waals surface area contributed by atoms with Crippen molar-refractivity contribution in [1.29, 1.82) is 5.26 Å². The summed E-state index contributed by atoms with van der Waals surface area (Å²) >= 11 is 0. The third-order valence-electron chi connectivity index (χ3n) is 4.40. The van der Waals surface area contributed by atoms with Gasteiger partial charge >= 0.3 is 0 Å². The zero-order valence-electron chi connectivity index (χ0n) is 12.8. The summed E-state index contributed by atoms with van der Waals surface area (Å²) in [7, 11) is 0. The van der Waals surface area contributed by atoms with Gasteiger partial charge in [-0.3, -0.25) is 0 Å². The third-order valence-corrected chi connectivity index (χ3v) is 4.40. The summed E-state index contributed by atoms with van der Waals surface area (Å²) in [5, 5.41) is 19.4. The van der Waals surface area contributed by atoms with Crippen LogP contribution in [0.1, 0.15) is 16.7 Å². The molecule has 4 nitrogen and oxygen atoms in total. The lowest BCUT2D eigenvalue weighted by Crippen LogP contribution is -2.31. The van der Waals surface area contributed by atoms with Crippen molar-refractivity contribution in [2.24, 2.45) is 0 Å². The fraction of sp³-hybridized carbons (Fsp3) is 0.158. The highest BCUT2D eigenvalue weighted by molar-refractivity contribution is 5.81. The Labute approximate surface area is 138 Å². The Morgan fingerprint density at radius 2 is 2.04 bits per heavy atom. The molecule has 0 atom stereocenters. The van der Waals surface area contributed by atoms with Crippen molar-refractivity contribution in [2.75, 3.05) is 11.4 Å². The number of aromatic hydroxyl groups is 1. The highest BCUT2D eigenvalue weighted by atomic mass is 19.1. The summed E-state index contributed by atoms with van der Waals surface area (Å²) in [5.74, 6) is 0.372. The topological polar surface area (TPSA) is 60.2 Å². The van der Waals surface area contributed by atoms with Gasteiger partial charge in [0.2, 0.25) is 0 Å². The number of pyridine rings is 1. The van der Waals surface area contributed by atoms with E-state index in [2.05, 4.69) is 11.1 Å². The van der Waals surface area contributed by atoms with Crippen molar-refractivity contribution < 1.29 is 9.50 Å². The van der Waals surface area contributed by atoms with Crippen molar-refractivity contribution in [3.8, 4) is 11.8 Å². The van der Waals surface area contributed by atoms with Gasteiger partial charge in [-0.25, -0.2) is 9.37 Å². The van der Waals surface area contributed by atoms with Crippen LogP contribution in [0, 0.1) is 17.1 Å². The number of hydrogen-bond acceptors (Lipinski definition) is 4. The van der Waals surface area contributed by atoms with Gasteiger partial charge in [0.1, 0.15) is 17.4 Å². The molecule has 118 valence electrons. The first kappa shape index (κ1) is 14.5. The standard InChI is InChI=1S/C19H14FN3O/c20-17-9-15(24)8-13-5-6-23(11-16(13)17)19-4-2-14-7-12(10-21)1-3-18(14)22-19/h1-4,7-9,24H,5-6,11H2. The summed E-state index contributed by atoms with van der Waals surface area (Å²) in [4.78, 5) is 6.67. The van der Waals surface area contributed by atoms with Crippen LogP contribution in [0.4, 0.5) is 10.2 Å². The van der Waals surface area contributed by atoms with Crippen LogP contribution in [0.3, 0.4) is 0 Å². The van der Waals surface area contributed by atoms with Gasteiger partial charge in [0.15, 0.2) is 0 Å². The van der Waals surface area contributed by atoms with Crippen molar-refractivity contribution in [3.05, 3.63) is 65.0 Å². The molecule has 2 heterocycles. The summed E-state index contributed by atoms with van der Waals surface area (Å²) in [6, 6.07) is 14.1. The lowest BCUT2D eigenvalue weighted by atomic mass is 9.98. The molecule has 1 aliphatic heterocycles. The zero-order chi connectivity index (χ0) is 16.7. The number of hydrogen-bond donors (Lipinski definition) is 1. The maximum Gasteiger partial charge on any atom is 0.132 e. The first-order chi connectivity index (χ1) is 11.6. The average Bonchev–Trinajstić information content (AvgIpc) is 2.60. The van der Waals surface area contributed by atoms with Gasteiger partial charge in [-0.15, -0.1) is 0 Å². The van der Waals surface area contributed by atoms with E-state index in [1.165, 1.54) is 0 Å². The van der Waals surface area contributed by atoms with E-state index in [1.807, 2.05) is 23.1 Å². The normalized spacial score (nSPS) is 13.6. The smallest absolute Gasteiger partial charge is 0.132 e. The molecular weight excluding hydrogens is 305 g/mol. The Bertz CT molecular complexity index is 994. The number of nitriles is 1. The predicted molar refractivity (Wildman–Crippen MR) is 89.3 cm³/mol. The molecule has 0 aliphatic carbocycles. The Kier molecular flexibility index (Phi) is 3.31. The predicted octanol–water partition coefficient (Wildman–Crippen LogP) is 3.51. The van der Waals surface area contributed by atoms with E-state index in [0.717, 1.165) is 28.4 Å². The van der Waals surface area contributed by atoms with E-state index >= 15 is 0 Å². The number of phenolic OH excluding ortho intramolecular Hbond substituents is 1. The number of rotatable bonds is 1. The number of aromatic nitrogens is 1. The second kappa shape index (κ2) is 5.50. The highest BCUT2D eigenvalue weighted by Gasteiger charge is 2.21. The summed E-state index contributed by atoms with van der Waals surface area (Å²) < 4.78 is 14.1. The first-order valence-corrected chi connectivity index (χ1v) is 7.70. The Morgan fingerprint density at radius 3 is 2.88 bits per heavy atom. The molecule has 1 aromatic heterocycles. The molecule has 0 bridgehead atoms. The summed E-state index contributed by atoms with van der Waals surface area (Å²) in [6.45, 7) is 1.14. The lowest BCUT2D eigenvalue weighted by molar-refractivity contribution is 0.465. The van der Waals surface area contributed by atoms with Crippen molar-refractivity contribution >= 4 is 16.7 Å². The Balaban J connectivity index is 1.69. The molecule has 1 N–H and O–H groups in total. The number of nitrogens with zero attached hydrogens (tertiary/aromatic N) is 3. The van der Waals surface area contributed by atoms with Crippen LogP contribution in [0.5, 0.6) is 5.75 Å². The van der Waals surface area contributed by atoms with Crippen LogP contribution in [0.15, 0.2) is 42.5 Å². The molecule has 24 heavy (non-hydrogen) atoms. The lowest BCUT2D eigenvalue weighted by Gasteiger charge is -2.30. The number of halogens is 1. The van der Waals surface area contributed by atoms with E-state index in [4.69, 9.17) is 5.26 Å². The molecule has 0 fully saturated rings. The Hall–Kier alpha value is -3.13. The van der Waals surface area contributed by atoms with Crippen LogP contribution >= 0.6 is 0 Å². The minimum absolute atomic E-state index is 0.0307. The zero-order valence-corrected chi connectivity index (χ0v) is 12.8. The van der Waals surface area contributed by atoms with Gasteiger partial charge < -0.3 is 10.0 Å². The SMILES string of the molecule is N#Cc1ccc2nc(N3CCc4cc(O)cc(F)c4C3)ccc2c1. The molecule has 0 unspecified atom stereocenters. The second-order valence-electron chi connectivity index (χ2n) is 5.93. The van der Waals surface area contributed by atoms with E-state index in [9.17, 15) is 9.50 Å². The Morgan fingerprint density at radius 1 is 1.17 bits per heavy atom. The van der Waals surface area contributed by atoms with Gasteiger partial charge in [-0.05, 0) is 48.4 Å². The van der Waals surface area contributed by atoms with Crippen molar-refractivity contribution in [1.82, 2.24) is 4.98 Å². The van der Waals surface area contributed by atoms with Gasteiger partial charge in [0, 0.05) is 30.1 Å². The average molecular weight is 319 g/mol. The molecule has 1 aliphatic rings. The van der Waals surface area contributed by atoms with Crippen LogP contribution in [0.2, 0.25) is 0 Å². The number of benzene rings is 2. The molecule has 3 aromatic rings. The van der Waals surface area contributed by atoms with Gasteiger partial charge in [-0.2, -0.15) is 5.26 Å². The summed E-state index contributed by atoms with van der Waals surface area (Å²) in [5.41, 5.74) is 2.87. The van der Waals surface area contributed by atoms with Crippen LogP contribution < -0.4 is 4.90 Å². The first-order valence-electron chi connectivity index (χ1n) is 7.70. The van der Waals surface area contributed by atoms with Crippen LogP contribution in [-0.2, 0) is 13.0 Å². The molecule has 0 radical (unpaired) electrons. The molecule has 4 rings (SSSR count). The van der Waals surface area contributed by atoms with E-state index in [1.54, 1.807) is 18.2 Å². The molecule has 2 aromatic carbocycles. The highest BCUT2D eigenvalue weighted by Crippen LogP contribution is 2.29. The molecule has 0 spiro atoms. The molecule has 0 saturated carbocycles. The molecule has 0 saturated heterocycles. The molecule has 0 amide bonds. The number of anilines is 1. The summed E-state index contributed by atoms with van der Waals surface area (Å²) in [6.07, 6.45) is 0.660. The number of fused-ring (bicyclic) bond motifs is 2. The maximum absolute atomic E-state index is 14.1. The van der Waals surface area contributed by atoms with Crippen LogP contribution in [0.25, 0.3) is 10.9 Å². The third kappa shape index (κ3) is 2.42. The van der Waals surface area contributed by atoms with E-state index in [-0.39, 0.29) is 11.6 Å². The van der Waals surface area contributed by atoms with Crippen LogP contribution in [-0.4, -0.2) is 16.6 Å². The fourth-order valence-electron chi connectivity index (χ4n) is 3.16. The largest absolute Gasteiger partial charge is 0.508 e. The monoisotopic (exact) mass is 319 g/mol. The minimum atomic E-state index is -0.380. The number of phenols is 1. The van der Waals surface area contributed by atoms with Crippen molar-refractivity contribution in [2.45, 2.75) is 13.0 Å². The fourth-order valence-corrected chi connectivity index (χ4v) is 3.16. The van der Waals surface area contributed by atoms with Gasteiger partial charge in [-0.1, -0.05) is 0 Å². The maximum atomic E-state index is 14.1.